The Morgan fingerprint density at radius 3 is 2.62 bits per heavy atom. The molecule has 2 atom stereocenters. The minimum absolute atomic E-state index is 0.322. The second kappa shape index (κ2) is 9.83. The maximum absolute atomic E-state index is 12.5. The number of pyridine rings is 1. The van der Waals surface area contributed by atoms with Gasteiger partial charge in [0.1, 0.15) is 30.1 Å². The van der Waals surface area contributed by atoms with Gasteiger partial charge in [-0.05, 0) is 38.5 Å². The Bertz CT molecular complexity index is 1080. The first-order valence-electron chi connectivity index (χ1n) is 10.0. The lowest BCUT2D eigenvalue weighted by Crippen LogP contribution is -2.52. The average Bonchev–Trinajstić information content (AvgIpc) is 3.19. The molecule has 9 nitrogen and oxygen atoms in total. The lowest BCUT2D eigenvalue weighted by Gasteiger charge is -2.24. The van der Waals surface area contributed by atoms with Gasteiger partial charge in [-0.2, -0.15) is 0 Å². The van der Waals surface area contributed by atoms with Gasteiger partial charge in [0.2, 0.25) is 0 Å². The Morgan fingerprint density at radius 2 is 2.00 bits per heavy atom. The van der Waals surface area contributed by atoms with E-state index in [-0.39, 0.29) is 12.7 Å². The fourth-order valence-corrected chi connectivity index (χ4v) is 3.13. The number of nitrogens with two attached hydrogens (primary N) is 1. The summed E-state index contributed by atoms with van der Waals surface area (Å²) in [4.78, 5) is 16.8. The SMILES string of the molecule is Cc1ccc(C(C)Oc2cc3onc([C@@H](C)C(=O)OCC(N)(CO)CO)c3cc2Cl)nc1. The van der Waals surface area contributed by atoms with Gasteiger partial charge in [-0.25, -0.2) is 0 Å². The highest BCUT2D eigenvalue weighted by Gasteiger charge is 2.29. The third-order valence-corrected chi connectivity index (χ3v) is 5.40. The molecule has 172 valence electrons. The molecule has 4 N–H and O–H groups in total. The van der Waals surface area contributed by atoms with E-state index >= 15 is 0 Å². The molecule has 2 aromatic heterocycles. The van der Waals surface area contributed by atoms with E-state index in [1.165, 1.54) is 0 Å². The number of ether oxygens (including phenoxy) is 2. The lowest BCUT2D eigenvalue weighted by atomic mass is 10.0. The first-order valence-corrected chi connectivity index (χ1v) is 10.4. The summed E-state index contributed by atoms with van der Waals surface area (Å²) >= 11 is 6.43. The van der Waals surface area contributed by atoms with Crippen molar-refractivity contribution in [2.75, 3.05) is 19.8 Å². The fraction of sp³-hybridized carbons (Fsp3) is 0.409. The van der Waals surface area contributed by atoms with Crippen molar-refractivity contribution in [1.29, 1.82) is 0 Å². The summed E-state index contributed by atoms with van der Waals surface area (Å²) in [5.41, 5.74) is 6.84. The molecule has 2 heterocycles. The maximum atomic E-state index is 12.5. The van der Waals surface area contributed by atoms with Crippen molar-refractivity contribution in [2.45, 2.75) is 38.3 Å². The Hall–Kier alpha value is -2.72. The van der Waals surface area contributed by atoms with E-state index in [0.29, 0.717) is 27.4 Å². The van der Waals surface area contributed by atoms with Gasteiger partial charge >= 0.3 is 5.97 Å². The molecular weight excluding hydrogens is 438 g/mol. The molecule has 0 aliphatic rings. The third kappa shape index (κ3) is 5.18. The number of aromatic nitrogens is 2. The number of carbonyl (C=O) groups is 1. The number of aryl methyl sites for hydroxylation is 1. The van der Waals surface area contributed by atoms with Crippen molar-refractivity contribution in [3.63, 3.8) is 0 Å². The summed E-state index contributed by atoms with van der Waals surface area (Å²) in [7, 11) is 0. The van der Waals surface area contributed by atoms with Crippen molar-refractivity contribution >= 4 is 28.5 Å². The minimum atomic E-state index is -1.42. The molecule has 0 bridgehead atoms. The molecule has 0 saturated heterocycles. The van der Waals surface area contributed by atoms with E-state index in [1.54, 1.807) is 25.3 Å². The van der Waals surface area contributed by atoms with Gasteiger partial charge in [0, 0.05) is 17.6 Å². The molecular formula is C22H26ClN3O6. The van der Waals surface area contributed by atoms with Crippen LogP contribution in [0.3, 0.4) is 0 Å². The van der Waals surface area contributed by atoms with Gasteiger partial charge < -0.3 is 29.9 Å². The normalized spacial score (nSPS) is 13.7. The highest BCUT2D eigenvalue weighted by Crippen LogP contribution is 2.36. The molecule has 32 heavy (non-hydrogen) atoms. The Labute approximate surface area is 190 Å². The molecule has 1 unspecified atom stereocenters. The zero-order valence-corrected chi connectivity index (χ0v) is 18.8. The minimum Gasteiger partial charge on any atom is -0.483 e. The van der Waals surface area contributed by atoms with E-state index in [9.17, 15) is 15.0 Å². The summed E-state index contributed by atoms with van der Waals surface area (Å²) in [6.45, 7) is 4.00. The number of nitrogens with zero attached hydrogens (tertiary/aromatic N) is 2. The van der Waals surface area contributed by atoms with Crippen LogP contribution in [-0.2, 0) is 9.53 Å². The Kier molecular flexibility index (Phi) is 7.35. The van der Waals surface area contributed by atoms with Crippen molar-refractivity contribution in [3.05, 3.63) is 52.4 Å². The predicted molar refractivity (Wildman–Crippen MR) is 118 cm³/mol. The first kappa shape index (κ1) is 23.9. The van der Waals surface area contributed by atoms with Gasteiger partial charge in [0.15, 0.2) is 5.58 Å². The lowest BCUT2D eigenvalue weighted by molar-refractivity contribution is -0.148. The molecule has 0 aliphatic heterocycles. The second-order valence-corrected chi connectivity index (χ2v) is 8.28. The number of rotatable bonds is 9. The van der Waals surface area contributed by atoms with E-state index in [2.05, 4.69) is 10.1 Å². The molecule has 3 aromatic rings. The smallest absolute Gasteiger partial charge is 0.314 e. The second-order valence-electron chi connectivity index (χ2n) is 7.88. The Balaban J connectivity index is 1.77. The zero-order valence-electron chi connectivity index (χ0n) is 18.0. The predicted octanol–water partition coefficient (Wildman–Crippen LogP) is 2.65. The highest BCUT2D eigenvalue weighted by molar-refractivity contribution is 6.32. The van der Waals surface area contributed by atoms with Crippen LogP contribution in [0, 0.1) is 6.92 Å². The van der Waals surface area contributed by atoms with Crippen LogP contribution in [0.25, 0.3) is 11.0 Å². The summed E-state index contributed by atoms with van der Waals surface area (Å²) in [6, 6.07) is 7.06. The monoisotopic (exact) mass is 463 g/mol. The van der Waals surface area contributed by atoms with Crippen LogP contribution in [0.1, 0.15) is 42.8 Å². The van der Waals surface area contributed by atoms with Crippen LogP contribution in [0.15, 0.2) is 35.0 Å². The first-order chi connectivity index (χ1) is 15.2. The van der Waals surface area contributed by atoms with E-state index in [1.807, 2.05) is 26.0 Å². The summed E-state index contributed by atoms with van der Waals surface area (Å²) < 4.78 is 16.5. The standard InChI is InChI=1S/C22H26ClN3O6/c1-12-4-5-17(25-8-12)14(3)31-19-7-18-15(6-16(19)23)20(26-32-18)13(2)21(29)30-11-22(24,9-27)10-28/h4-8,13-14,27-28H,9-11,24H2,1-3H3/t13-,14?/m1/s1. The van der Waals surface area contributed by atoms with Crippen LogP contribution < -0.4 is 10.5 Å². The molecule has 0 radical (unpaired) electrons. The molecule has 0 spiro atoms. The van der Waals surface area contributed by atoms with E-state index in [4.69, 9.17) is 31.3 Å². The van der Waals surface area contributed by atoms with Crippen LogP contribution in [0.5, 0.6) is 5.75 Å². The van der Waals surface area contributed by atoms with Crippen molar-refractivity contribution in [3.8, 4) is 5.75 Å². The molecule has 0 amide bonds. The molecule has 3 rings (SSSR count). The summed E-state index contributed by atoms with van der Waals surface area (Å²) in [5.74, 6) is -1.03. The number of carbonyl (C=O) groups excluding carboxylic acids is 1. The van der Waals surface area contributed by atoms with E-state index in [0.717, 1.165) is 11.3 Å². The highest BCUT2D eigenvalue weighted by atomic mass is 35.5. The van der Waals surface area contributed by atoms with E-state index < -0.39 is 30.6 Å². The third-order valence-electron chi connectivity index (χ3n) is 5.10. The molecule has 0 fully saturated rings. The average molecular weight is 464 g/mol. The van der Waals surface area contributed by atoms with Crippen LogP contribution in [0.2, 0.25) is 5.02 Å². The van der Waals surface area contributed by atoms with Gasteiger partial charge in [0.05, 0.1) is 29.5 Å². The quantitative estimate of drug-likeness (QED) is 0.408. The van der Waals surface area contributed by atoms with Crippen LogP contribution in [0.4, 0.5) is 0 Å². The van der Waals surface area contributed by atoms with Gasteiger partial charge in [-0.3, -0.25) is 9.78 Å². The van der Waals surface area contributed by atoms with Crippen molar-refractivity contribution in [2.24, 2.45) is 5.73 Å². The fourth-order valence-electron chi connectivity index (χ4n) is 2.92. The molecule has 0 saturated carbocycles. The topological polar surface area (TPSA) is 141 Å². The Morgan fingerprint density at radius 1 is 1.28 bits per heavy atom. The van der Waals surface area contributed by atoms with Gasteiger partial charge in [-0.15, -0.1) is 0 Å². The summed E-state index contributed by atoms with van der Waals surface area (Å²) in [6.07, 6.45) is 1.41. The number of fused-ring (bicyclic) bond motifs is 1. The van der Waals surface area contributed by atoms with Crippen LogP contribution in [-0.4, -0.2) is 51.7 Å². The van der Waals surface area contributed by atoms with Crippen LogP contribution >= 0.6 is 11.6 Å². The number of hydrogen-bond donors (Lipinski definition) is 3. The van der Waals surface area contributed by atoms with Crippen molar-refractivity contribution < 1.29 is 29.0 Å². The number of benzene rings is 1. The van der Waals surface area contributed by atoms with Gasteiger partial charge in [0.25, 0.3) is 0 Å². The molecule has 1 aromatic carbocycles. The largest absolute Gasteiger partial charge is 0.483 e. The number of halogens is 1. The zero-order chi connectivity index (χ0) is 23.5. The number of esters is 1. The van der Waals surface area contributed by atoms with Gasteiger partial charge in [-0.1, -0.05) is 22.8 Å². The number of aliphatic hydroxyl groups is 2. The molecule has 0 aliphatic carbocycles. The number of hydrogen-bond acceptors (Lipinski definition) is 9. The summed E-state index contributed by atoms with van der Waals surface area (Å²) in [5, 5.41) is 23.3. The molecule has 10 heteroatoms. The number of aliphatic hydroxyl groups excluding tert-OH is 2. The van der Waals surface area contributed by atoms with Crippen molar-refractivity contribution in [1.82, 2.24) is 10.1 Å². The maximum Gasteiger partial charge on any atom is 0.314 e.